The fraction of sp³-hybridized carbons (Fsp3) is 0.400. The van der Waals surface area contributed by atoms with Gasteiger partial charge in [-0.15, -0.1) is 0 Å². The first kappa shape index (κ1) is 20.3. The van der Waals surface area contributed by atoms with E-state index in [9.17, 15) is 4.79 Å². The second kappa shape index (κ2) is 7.38. The summed E-state index contributed by atoms with van der Waals surface area (Å²) in [4.78, 5) is 14.9. The topological polar surface area (TPSA) is 50.8 Å². The molecule has 0 aromatic heterocycles. The highest BCUT2D eigenvalue weighted by Gasteiger charge is 2.57. The standard InChI is InChI=1S/C25H30N2O3/c1-6-17-7-9-20-19(15-17)24(2,3)25(26-23(28)12-14-27(20)25)13-11-18-8-10-21(29-4)22(16-18)30-5/h7-11,13,15-16H,6,12,14H2,1-5H3,(H,26,28)/b13-11+. The van der Waals surface area contributed by atoms with E-state index in [1.54, 1.807) is 14.2 Å². The number of amides is 1. The van der Waals surface area contributed by atoms with E-state index in [1.807, 2.05) is 18.2 Å². The Balaban J connectivity index is 1.81. The first-order valence-electron chi connectivity index (χ1n) is 10.5. The minimum absolute atomic E-state index is 0.0832. The van der Waals surface area contributed by atoms with Crippen molar-refractivity contribution in [3.8, 4) is 11.5 Å². The molecule has 0 saturated carbocycles. The number of anilines is 1. The highest BCUT2D eigenvalue weighted by Crippen LogP contribution is 2.52. The summed E-state index contributed by atoms with van der Waals surface area (Å²) in [6, 6.07) is 12.5. The molecule has 1 fully saturated rings. The van der Waals surface area contributed by atoms with Crippen molar-refractivity contribution in [2.24, 2.45) is 0 Å². The third-order valence-corrected chi connectivity index (χ3v) is 6.63. The van der Waals surface area contributed by atoms with Crippen LogP contribution in [-0.4, -0.2) is 32.3 Å². The van der Waals surface area contributed by atoms with Gasteiger partial charge in [0.15, 0.2) is 11.5 Å². The van der Waals surface area contributed by atoms with Crippen molar-refractivity contribution < 1.29 is 14.3 Å². The van der Waals surface area contributed by atoms with Gasteiger partial charge in [0.05, 0.1) is 14.2 Å². The Kier molecular flexibility index (Phi) is 5.00. The van der Waals surface area contributed by atoms with Gasteiger partial charge in [0.2, 0.25) is 5.91 Å². The lowest BCUT2D eigenvalue weighted by molar-refractivity contribution is -0.124. The van der Waals surface area contributed by atoms with Crippen molar-refractivity contribution in [3.63, 3.8) is 0 Å². The quantitative estimate of drug-likeness (QED) is 0.805. The minimum atomic E-state index is -0.621. The van der Waals surface area contributed by atoms with E-state index >= 15 is 0 Å². The summed E-state index contributed by atoms with van der Waals surface area (Å²) in [5, 5.41) is 3.33. The molecule has 0 bridgehead atoms. The van der Waals surface area contributed by atoms with Crippen molar-refractivity contribution in [3.05, 3.63) is 59.2 Å². The minimum Gasteiger partial charge on any atom is -0.493 e. The van der Waals surface area contributed by atoms with Crippen molar-refractivity contribution >= 4 is 17.7 Å². The van der Waals surface area contributed by atoms with E-state index < -0.39 is 5.66 Å². The lowest BCUT2D eigenvalue weighted by Crippen LogP contribution is -2.68. The van der Waals surface area contributed by atoms with Crippen LogP contribution in [0.5, 0.6) is 11.5 Å². The van der Waals surface area contributed by atoms with Gasteiger partial charge in [0, 0.05) is 24.1 Å². The van der Waals surface area contributed by atoms with Crippen LogP contribution in [0, 0.1) is 0 Å². The second-order valence-electron chi connectivity index (χ2n) is 8.49. The molecule has 2 aromatic carbocycles. The molecule has 0 aliphatic carbocycles. The van der Waals surface area contributed by atoms with Crippen LogP contribution < -0.4 is 19.7 Å². The van der Waals surface area contributed by atoms with Crippen molar-refractivity contribution in [2.45, 2.75) is 44.7 Å². The van der Waals surface area contributed by atoms with Crippen LogP contribution in [0.15, 0.2) is 42.5 Å². The molecule has 5 heteroatoms. The fourth-order valence-corrected chi connectivity index (χ4v) is 4.79. The van der Waals surface area contributed by atoms with E-state index in [-0.39, 0.29) is 11.3 Å². The van der Waals surface area contributed by atoms with E-state index in [2.05, 4.69) is 61.3 Å². The van der Waals surface area contributed by atoms with Gasteiger partial charge in [0.1, 0.15) is 5.66 Å². The number of ether oxygens (including phenoxy) is 2. The molecule has 1 amide bonds. The third kappa shape index (κ3) is 2.95. The van der Waals surface area contributed by atoms with Gasteiger partial charge in [-0.25, -0.2) is 0 Å². The van der Waals surface area contributed by atoms with Gasteiger partial charge in [-0.1, -0.05) is 45.0 Å². The number of nitrogens with one attached hydrogen (secondary N) is 1. The summed E-state index contributed by atoms with van der Waals surface area (Å²) in [6.07, 6.45) is 5.69. The average molecular weight is 407 g/mol. The molecule has 5 nitrogen and oxygen atoms in total. The first-order chi connectivity index (χ1) is 14.4. The maximum atomic E-state index is 12.6. The summed E-state index contributed by atoms with van der Waals surface area (Å²) < 4.78 is 10.8. The second-order valence-corrected chi connectivity index (χ2v) is 8.49. The molecule has 1 saturated heterocycles. The zero-order valence-corrected chi connectivity index (χ0v) is 18.4. The van der Waals surface area contributed by atoms with Gasteiger partial charge in [-0.2, -0.15) is 0 Å². The molecule has 30 heavy (non-hydrogen) atoms. The Morgan fingerprint density at radius 1 is 1.10 bits per heavy atom. The number of hydrogen-bond donors (Lipinski definition) is 1. The monoisotopic (exact) mass is 406 g/mol. The summed E-state index contributed by atoms with van der Waals surface area (Å²) in [6.45, 7) is 7.31. The molecule has 2 heterocycles. The van der Waals surface area contributed by atoms with Gasteiger partial charge < -0.3 is 19.7 Å². The average Bonchev–Trinajstić information content (AvgIpc) is 2.95. The number of aryl methyl sites for hydroxylation is 1. The molecule has 1 N–H and O–H groups in total. The molecule has 1 atom stereocenters. The molecule has 0 radical (unpaired) electrons. The summed E-state index contributed by atoms with van der Waals surface area (Å²) in [7, 11) is 3.26. The van der Waals surface area contributed by atoms with E-state index in [0.717, 1.165) is 12.0 Å². The van der Waals surface area contributed by atoms with Crippen LogP contribution in [0.1, 0.15) is 43.9 Å². The molecular formula is C25H30N2O3. The van der Waals surface area contributed by atoms with Crippen LogP contribution in [0.2, 0.25) is 0 Å². The number of carbonyl (C=O) groups is 1. The Bertz CT molecular complexity index is 1010. The van der Waals surface area contributed by atoms with E-state index in [0.29, 0.717) is 24.5 Å². The molecule has 0 spiro atoms. The number of hydrogen-bond acceptors (Lipinski definition) is 4. The third-order valence-electron chi connectivity index (χ3n) is 6.63. The van der Waals surface area contributed by atoms with Crippen molar-refractivity contribution in [2.75, 3.05) is 25.7 Å². The Morgan fingerprint density at radius 2 is 1.87 bits per heavy atom. The molecule has 2 aliphatic heterocycles. The van der Waals surface area contributed by atoms with Crippen LogP contribution in [-0.2, 0) is 16.6 Å². The predicted octanol–water partition coefficient (Wildman–Crippen LogP) is 4.29. The molecule has 2 aromatic rings. The van der Waals surface area contributed by atoms with E-state index in [1.165, 1.54) is 16.8 Å². The van der Waals surface area contributed by atoms with Crippen LogP contribution in [0.25, 0.3) is 6.08 Å². The lowest BCUT2D eigenvalue weighted by atomic mass is 9.74. The zero-order chi connectivity index (χ0) is 21.5. The number of benzene rings is 2. The van der Waals surface area contributed by atoms with Crippen LogP contribution in [0.3, 0.4) is 0 Å². The number of rotatable bonds is 5. The first-order valence-corrected chi connectivity index (χ1v) is 10.5. The molecule has 4 rings (SSSR count). The molecule has 2 aliphatic rings. The van der Waals surface area contributed by atoms with Gasteiger partial charge in [-0.3, -0.25) is 4.79 Å². The van der Waals surface area contributed by atoms with E-state index in [4.69, 9.17) is 9.47 Å². The highest BCUT2D eigenvalue weighted by molar-refractivity contribution is 5.84. The summed E-state index contributed by atoms with van der Waals surface area (Å²) >= 11 is 0. The Hall–Kier alpha value is -2.95. The van der Waals surface area contributed by atoms with Crippen molar-refractivity contribution in [1.29, 1.82) is 0 Å². The SMILES string of the molecule is CCc1ccc2c(c1)C(C)(C)C1(/C=C/c3ccc(OC)c(OC)c3)NC(=O)CCN21. The normalized spacial score (nSPS) is 21.9. The predicted molar refractivity (Wildman–Crippen MR) is 120 cm³/mol. The maximum Gasteiger partial charge on any atom is 0.223 e. The van der Waals surface area contributed by atoms with Gasteiger partial charge >= 0.3 is 0 Å². The highest BCUT2D eigenvalue weighted by atomic mass is 16.5. The zero-order valence-electron chi connectivity index (χ0n) is 18.4. The maximum absolute atomic E-state index is 12.6. The number of fused-ring (bicyclic) bond motifs is 3. The smallest absolute Gasteiger partial charge is 0.223 e. The lowest BCUT2D eigenvalue weighted by Gasteiger charge is -2.49. The summed E-state index contributed by atoms with van der Waals surface area (Å²) in [5.41, 5.74) is 3.87. The largest absolute Gasteiger partial charge is 0.493 e. The van der Waals surface area contributed by atoms with Gasteiger partial charge in [0.25, 0.3) is 0 Å². The number of nitrogens with zero attached hydrogens (tertiary/aromatic N) is 1. The Morgan fingerprint density at radius 3 is 2.57 bits per heavy atom. The molecule has 158 valence electrons. The Labute approximate surface area is 178 Å². The summed E-state index contributed by atoms with van der Waals surface area (Å²) in [5.74, 6) is 1.46. The van der Waals surface area contributed by atoms with Gasteiger partial charge in [-0.05, 0) is 47.4 Å². The van der Waals surface area contributed by atoms with Crippen molar-refractivity contribution in [1.82, 2.24) is 5.32 Å². The molecule has 1 unspecified atom stereocenters. The van der Waals surface area contributed by atoms with Crippen LogP contribution >= 0.6 is 0 Å². The number of methoxy groups -OCH3 is 2. The molecular weight excluding hydrogens is 376 g/mol. The fourth-order valence-electron chi connectivity index (χ4n) is 4.79. The van der Waals surface area contributed by atoms with Crippen LogP contribution in [0.4, 0.5) is 5.69 Å². The number of carbonyl (C=O) groups excluding carboxylic acids is 1.